The van der Waals surface area contributed by atoms with Crippen molar-refractivity contribution in [2.45, 2.75) is 38.8 Å². The molecule has 2 aromatic rings. The van der Waals surface area contributed by atoms with Crippen LogP contribution in [0.15, 0.2) is 24.3 Å². The fraction of sp³-hybridized carbons (Fsp3) is 0.529. The van der Waals surface area contributed by atoms with E-state index in [4.69, 9.17) is 16.3 Å². The number of ether oxygens (including phenoxy) is 1. The summed E-state index contributed by atoms with van der Waals surface area (Å²) in [4.78, 5) is 12.2. The van der Waals surface area contributed by atoms with Crippen LogP contribution in [0.3, 0.4) is 0 Å². The molecule has 2 heterocycles. The van der Waals surface area contributed by atoms with Gasteiger partial charge in [-0.25, -0.2) is 5.84 Å². The number of aromatic amines is 1. The second-order valence-corrected chi connectivity index (χ2v) is 6.87. The van der Waals surface area contributed by atoms with E-state index >= 15 is 0 Å². The van der Waals surface area contributed by atoms with Crippen LogP contribution in [0.2, 0.25) is 0 Å². The highest BCUT2D eigenvalue weighted by atomic mass is 16.5. The summed E-state index contributed by atoms with van der Waals surface area (Å²) in [5.41, 5.74) is 6.79. The van der Waals surface area contributed by atoms with Gasteiger partial charge in [0.1, 0.15) is 17.3 Å². The quantitative estimate of drug-likeness (QED) is 0.336. The number of H-pyrrole nitrogens is 1. The number of rotatable bonds is 9. The van der Waals surface area contributed by atoms with Gasteiger partial charge in [0.2, 0.25) is 5.95 Å². The molecule has 142 valence electrons. The zero-order valence-electron chi connectivity index (χ0n) is 15.5. The molecule has 0 bridgehead atoms. The summed E-state index contributed by atoms with van der Waals surface area (Å²) in [5, 5.41) is 8.96. The molecule has 0 spiro atoms. The lowest BCUT2D eigenvalue weighted by atomic mass is 10.2. The van der Waals surface area contributed by atoms with Gasteiger partial charge in [0.25, 0.3) is 0 Å². The molecular formula is C17H28N8O. The number of nitrogens with two attached hydrogens (primary N) is 2. The van der Waals surface area contributed by atoms with Crippen molar-refractivity contribution in [1.82, 2.24) is 20.0 Å². The minimum atomic E-state index is -0.0104. The molecule has 0 saturated heterocycles. The molecule has 3 rings (SSSR count). The van der Waals surface area contributed by atoms with Gasteiger partial charge in [-0.2, -0.15) is 9.97 Å². The number of hydrazine groups is 1. The molecule has 1 saturated carbocycles. The molecule has 9 nitrogen and oxygen atoms in total. The van der Waals surface area contributed by atoms with Crippen LogP contribution in [-0.4, -0.2) is 45.8 Å². The highest BCUT2D eigenvalue weighted by Gasteiger charge is 2.28. The Kier molecular flexibility index (Phi) is 5.48. The van der Waals surface area contributed by atoms with Crippen molar-refractivity contribution in [2.75, 3.05) is 24.4 Å². The van der Waals surface area contributed by atoms with Crippen LogP contribution in [0, 0.1) is 5.92 Å². The number of nitrogens with zero attached hydrogens (tertiary/aromatic N) is 3. The number of anilines is 2. The molecule has 2 aromatic heterocycles. The van der Waals surface area contributed by atoms with Gasteiger partial charge in [0.05, 0.1) is 24.2 Å². The molecule has 2 atom stereocenters. The van der Waals surface area contributed by atoms with E-state index in [1.165, 1.54) is 17.9 Å². The third kappa shape index (κ3) is 4.36. The van der Waals surface area contributed by atoms with Gasteiger partial charge >= 0.3 is 0 Å². The minimum absolute atomic E-state index is 0.0104. The van der Waals surface area contributed by atoms with Crippen molar-refractivity contribution in [2.24, 2.45) is 17.5 Å². The molecule has 7 N–H and O–H groups in total. The third-order valence-corrected chi connectivity index (χ3v) is 4.57. The summed E-state index contributed by atoms with van der Waals surface area (Å²) in [6, 6.07) is 2.33. The highest BCUT2D eigenvalue weighted by Crippen LogP contribution is 2.34. The maximum atomic E-state index is 6.05. The van der Waals surface area contributed by atoms with Crippen LogP contribution in [0.25, 0.3) is 11.0 Å². The Morgan fingerprint density at radius 3 is 2.92 bits per heavy atom. The minimum Gasteiger partial charge on any atom is -0.384 e. The number of aromatic nitrogens is 3. The average molecular weight is 360 g/mol. The SMILES string of the molecule is COCC(C)N(N)/C=C(\N)Nc1nc(NC(C)C2CC2)c2cc[nH]c2n1. The monoisotopic (exact) mass is 360 g/mol. The molecule has 2 unspecified atom stereocenters. The molecule has 1 aliphatic rings. The van der Waals surface area contributed by atoms with Crippen molar-refractivity contribution in [3.63, 3.8) is 0 Å². The maximum absolute atomic E-state index is 6.05. The summed E-state index contributed by atoms with van der Waals surface area (Å²) in [6.45, 7) is 4.62. The Labute approximate surface area is 153 Å². The van der Waals surface area contributed by atoms with Gasteiger partial charge in [0.15, 0.2) is 0 Å². The average Bonchev–Trinajstić information content (AvgIpc) is 3.33. The first-order valence-electron chi connectivity index (χ1n) is 8.86. The van der Waals surface area contributed by atoms with E-state index in [2.05, 4.69) is 32.5 Å². The molecule has 0 aliphatic heterocycles. The largest absolute Gasteiger partial charge is 0.384 e. The molecule has 1 aliphatic carbocycles. The zero-order chi connectivity index (χ0) is 18.7. The van der Waals surface area contributed by atoms with Gasteiger partial charge < -0.3 is 31.1 Å². The number of hydrogen-bond acceptors (Lipinski definition) is 8. The van der Waals surface area contributed by atoms with Crippen LogP contribution >= 0.6 is 0 Å². The fourth-order valence-corrected chi connectivity index (χ4v) is 2.81. The topological polar surface area (TPSA) is 130 Å². The molecule has 1 fully saturated rings. The summed E-state index contributed by atoms with van der Waals surface area (Å²) < 4.78 is 5.09. The van der Waals surface area contributed by atoms with Crippen LogP contribution in [0.5, 0.6) is 0 Å². The van der Waals surface area contributed by atoms with Gasteiger partial charge in [-0.1, -0.05) is 0 Å². The van der Waals surface area contributed by atoms with Crippen LogP contribution in [0.4, 0.5) is 11.8 Å². The second-order valence-electron chi connectivity index (χ2n) is 6.87. The number of methoxy groups -OCH3 is 1. The Bertz CT molecular complexity index is 769. The van der Waals surface area contributed by atoms with E-state index < -0.39 is 0 Å². The first-order chi connectivity index (χ1) is 12.5. The van der Waals surface area contributed by atoms with Crippen molar-refractivity contribution in [1.29, 1.82) is 0 Å². The van der Waals surface area contributed by atoms with Crippen LogP contribution in [0.1, 0.15) is 26.7 Å². The Hall–Kier alpha value is -2.52. The lowest BCUT2D eigenvalue weighted by molar-refractivity contribution is 0.126. The molecule has 0 amide bonds. The van der Waals surface area contributed by atoms with Gasteiger partial charge in [-0.05, 0) is 38.7 Å². The molecule has 0 aromatic carbocycles. The highest BCUT2D eigenvalue weighted by molar-refractivity contribution is 5.88. The van der Waals surface area contributed by atoms with Gasteiger partial charge in [-0.15, -0.1) is 0 Å². The van der Waals surface area contributed by atoms with Crippen LogP contribution < -0.4 is 22.2 Å². The number of hydrogen-bond donors (Lipinski definition) is 5. The number of fused-ring (bicyclic) bond motifs is 1. The standard InChI is InChI=1S/C17H28N8O/c1-10(9-26-3)25(19)8-14(18)22-17-23-15-13(6-7-20-15)16(24-17)21-11(2)12-4-5-12/h6-8,10-12H,4-5,9,18-19H2,1-3H3,(H3,20,21,22,23,24)/b14-8+. The first-order valence-corrected chi connectivity index (χ1v) is 8.86. The Balaban J connectivity index is 1.76. The summed E-state index contributed by atoms with van der Waals surface area (Å²) in [6.07, 6.45) is 5.99. The van der Waals surface area contributed by atoms with E-state index in [-0.39, 0.29) is 6.04 Å². The molecule has 9 heteroatoms. The predicted octanol–water partition coefficient (Wildman–Crippen LogP) is 1.55. The molecule has 26 heavy (non-hydrogen) atoms. The van der Waals surface area contributed by atoms with Crippen molar-refractivity contribution in [3.8, 4) is 0 Å². The van der Waals surface area contributed by atoms with Crippen molar-refractivity contribution >= 4 is 22.8 Å². The summed E-state index contributed by atoms with van der Waals surface area (Å²) in [7, 11) is 1.63. The summed E-state index contributed by atoms with van der Waals surface area (Å²) >= 11 is 0. The van der Waals surface area contributed by atoms with Gasteiger partial charge in [-0.3, -0.25) is 0 Å². The summed E-state index contributed by atoms with van der Waals surface area (Å²) in [5.74, 6) is 8.24. The second kappa shape index (κ2) is 7.79. The third-order valence-electron chi connectivity index (χ3n) is 4.57. The molecule has 0 radical (unpaired) electrons. The lowest BCUT2D eigenvalue weighted by Crippen LogP contribution is -2.38. The fourth-order valence-electron chi connectivity index (χ4n) is 2.81. The maximum Gasteiger partial charge on any atom is 0.232 e. The van der Waals surface area contributed by atoms with Gasteiger partial charge in [0, 0.05) is 19.3 Å². The van der Waals surface area contributed by atoms with Crippen molar-refractivity contribution < 1.29 is 4.74 Å². The Morgan fingerprint density at radius 1 is 1.46 bits per heavy atom. The van der Waals surface area contributed by atoms with Crippen LogP contribution in [-0.2, 0) is 4.74 Å². The zero-order valence-corrected chi connectivity index (χ0v) is 15.5. The van der Waals surface area contributed by atoms with E-state index in [1.807, 2.05) is 19.2 Å². The van der Waals surface area contributed by atoms with E-state index in [9.17, 15) is 0 Å². The normalized spacial score (nSPS) is 17.2. The first kappa shape index (κ1) is 18.3. The lowest BCUT2D eigenvalue weighted by Gasteiger charge is -2.22. The van der Waals surface area contributed by atoms with E-state index in [1.54, 1.807) is 13.3 Å². The van der Waals surface area contributed by atoms with Crippen molar-refractivity contribution in [3.05, 3.63) is 24.3 Å². The number of nitrogens with one attached hydrogen (secondary N) is 3. The predicted molar refractivity (Wildman–Crippen MR) is 103 cm³/mol. The van der Waals surface area contributed by atoms with E-state index in [0.717, 1.165) is 16.9 Å². The van der Waals surface area contributed by atoms with E-state index in [0.29, 0.717) is 30.3 Å². The smallest absolute Gasteiger partial charge is 0.232 e. The Morgan fingerprint density at radius 2 is 2.23 bits per heavy atom. The molecular weight excluding hydrogens is 332 g/mol.